The molecule has 3 aromatic rings. The maximum absolute atomic E-state index is 14.1. The summed E-state index contributed by atoms with van der Waals surface area (Å²) in [6.45, 7) is 3.62. The number of hydrogen-bond acceptors (Lipinski definition) is 4. The lowest BCUT2D eigenvalue weighted by Crippen LogP contribution is -2.37. The van der Waals surface area contributed by atoms with Crippen LogP contribution in [-0.4, -0.2) is 47.2 Å². The van der Waals surface area contributed by atoms with Crippen LogP contribution in [0.15, 0.2) is 60.7 Å². The van der Waals surface area contributed by atoms with Gasteiger partial charge in [0.05, 0.1) is 6.61 Å². The van der Waals surface area contributed by atoms with Gasteiger partial charge in [-0.05, 0) is 61.7 Å². The van der Waals surface area contributed by atoms with Gasteiger partial charge in [0.25, 0.3) is 5.91 Å². The number of ether oxygens (including phenoxy) is 2. The molecule has 4 rings (SSSR count). The summed E-state index contributed by atoms with van der Waals surface area (Å²) >= 11 is 0. The molecule has 1 N–H and O–H groups in total. The van der Waals surface area contributed by atoms with Crippen molar-refractivity contribution in [3.05, 3.63) is 94.6 Å². The van der Waals surface area contributed by atoms with E-state index in [0.717, 1.165) is 11.1 Å². The monoisotopic (exact) mass is 509 g/mol. The first kappa shape index (κ1) is 26.1. The molecule has 0 spiro atoms. The molecule has 37 heavy (non-hydrogen) atoms. The van der Waals surface area contributed by atoms with E-state index in [4.69, 9.17) is 9.47 Å². The van der Waals surface area contributed by atoms with E-state index in [9.17, 15) is 23.5 Å². The molecule has 0 radical (unpaired) electrons. The third kappa shape index (κ3) is 6.25. The highest BCUT2D eigenvalue weighted by molar-refractivity contribution is 5.97. The number of benzene rings is 3. The number of amides is 1. The fourth-order valence-electron chi connectivity index (χ4n) is 4.67. The molecule has 0 bridgehead atoms. The summed E-state index contributed by atoms with van der Waals surface area (Å²) in [4.78, 5) is 26.2. The predicted molar refractivity (Wildman–Crippen MR) is 134 cm³/mol. The second-order valence-corrected chi connectivity index (χ2v) is 9.39. The number of rotatable bonds is 10. The normalized spacial score (nSPS) is 16.1. The average Bonchev–Trinajstić information content (AvgIpc) is 3.19. The van der Waals surface area contributed by atoms with Gasteiger partial charge in [-0.25, -0.2) is 8.78 Å². The first-order valence-corrected chi connectivity index (χ1v) is 12.1. The number of carbonyl (C=O) groups excluding carboxylic acids is 1. The van der Waals surface area contributed by atoms with Gasteiger partial charge in [-0.15, -0.1) is 0 Å². The Morgan fingerprint density at radius 1 is 1.11 bits per heavy atom. The summed E-state index contributed by atoms with van der Waals surface area (Å²) in [5.74, 6) is -1.43. The Morgan fingerprint density at radius 3 is 2.51 bits per heavy atom. The Kier molecular flexibility index (Phi) is 7.76. The van der Waals surface area contributed by atoms with E-state index in [2.05, 4.69) is 0 Å². The zero-order valence-corrected chi connectivity index (χ0v) is 20.8. The van der Waals surface area contributed by atoms with Crippen LogP contribution in [0, 0.1) is 11.6 Å². The maximum atomic E-state index is 14.1. The number of aliphatic carboxylic acids is 1. The van der Waals surface area contributed by atoms with Crippen LogP contribution in [0.5, 0.6) is 11.5 Å². The first-order valence-electron chi connectivity index (χ1n) is 12.1. The molecule has 0 unspecified atom stereocenters. The van der Waals surface area contributed by atoms with Crippen molar-refractivity contribution in [3.8, 4) is 11.5 Å². The largest absolute Gasteiger partial charge is 0.490 e. The number of nitrogens with zero attached hydrogens (tertiary/aromatic N) is 1. The minimum atomic E-state index is -1.16. The molecule has 6 nitrogen and oxygen atoms in total. The minimum Gasteiger partial charge on any atom is -0.490 e. The quantitative estimate of drug-likeness (QED) is 0.413. The molecule has 0 fully saturated rings. The Labute approximate surface area is 214 Å². The topological polar surface area (TPSA) is 76.1 Å². The van der Waals surface area contributed by atoms with Gasteiger partial charge >= 0.3 is 5.97 Å². The van der Waals surface area contributed by atoms with E-state index in [-0.39, 0.29) is 24.3 Å². The highest BCUT2D eigenvalue weighted by atomic mass is 19.1. The first-order chi connectivity index (χ1) is 17.7. The predicted octanol–water partition coefficient (Wildman–Crippen LogP) is 5.07. The van der Waals surface area contributed by atoms with Crippen LogP contribution < -0.4 is 9.47 Å². The lowest BCUT2D eigenvalue weighted by atomic mass is 9.91. The minimum absolute atomic E-state index is 0.0336. The molecule has 194 valence electrons. The number of carbonyl (C=O) groups is 2. The summed E-state index contributed by atoms with van der Waals surface area (Å²) in [5.41, 5.74) is 1.71. The SMILES string of the molecule is CCOc1cc(C(=O)N(CCc2ccccc2F)CC(=O)O)cc2c1O[C@](C)(Cc1ccc(F)cc1)C2. The zero-order valence-electron chi connectivity index (χ0n) is 20.8. The Morgan fingerprint density at radius 2 is 1.84 bits per heavy atom. The van der Waals surface area contributed by atoms with Gasteiger partial charge in [0, 0.05) is 30.5 Å². The van der Waals surface area contributed by atoms with Gasteiger partial charge in [-0.3, -0.25) is 9.59 Å². The third-order valence-corrected chi connectivity index (χ3v) is 6.30. The summed E-state index contributed by atoms with van der Waals surface area (Å²) in [7, 11) is 0. The highest BCUT2D eigenvalue weighted by Gasteiger charge is 2.38. The van der Waals surface area contributed by atoms with E-state index in [1.54, 1.807) is 42.5 Å². The summed E-state index contributed by atoms with van der Waals surface area (Å²) in [6.07, 6.45) is 1.17. The van der Waals surface area contributed by atoms with Crippen molar-refractivity contribution in [3.63, 3.8) is 0 Å². The van der Waals surface area contributed by atoms with Gasteiger partial charge in [-0.1, -0.05) is 30.3 Å². The van der Waals surface area contributed by atoms with Crippen molar-refractivity contribution in [2.24, 2.45) is 0 Å². The van der Waals surface area contributed by atoms with Crippen molar-refractivity contribution in [1.82, 2.24) is 4.90 Å². The van der Waals surface area contributed by atoms with Crippen molar-refractivity contribution in [2.45, 2.75) is 38.7 Å². The van der Waals surface area contributed by atoms with Gasteiger partial charge in [0.15, 0.2) is 11.5 Å². The standard InChI is InChI=1S/C29H29F2NO5/c1-3-36-25-15-21(28(35)32(18-26(33)34)13-12-20-6-4-5-7-24(20)31)14-22-17-29(2,37-27(22)25)16-19-8-10-23(30)11-9-19/h4-11,14-15H,3,12-13,16-18H2,1-2H3,(H,33,34)/t29-/m1/s1. The van der Waals surface area contributed by atoms with Gasteiger partial charge < -0.3 is 19.5 Å². The molecule has 1 amide bonds. The fourth-order valence-corrected chi connectivity index (χ4v) is 4.67. The van der Waals surface area contributed by atoms with Crippen molar-refractivity contribution in [1.29, 1.82) is 0 Å². The molecular weight excluding hydrogens is 480 g/mol. The third-order valence-electron chi connectivity index (χ3n) is 6.30. The van der Waals surface area contributed by atoms with Crippen molar-refractivity contribution >= 4 is 11.9 Å². The van der Waals surface area contributed by atoms with Crippen molar-refractivity contribution in [2.75, 3.05) is 19.7 Å². The van der Waals surface area contributed by atoms with Gasteiger partial charge in [0.1, 0.15) is 23.8 Å². The Hall–Kier alpha value is -3.94. The van der Waals surface area contributed by atoms with Crippen LogP contribution in [0.4, 0.5) is 8.78 Å². The molecule has 0 saturated carbocycles. The fraction of sp³-hybridized carbons (Fsp3) is 0.310. The van der Waals surface area contributed by atoms with Gasteiger partial charge in [0.2, 0.25) is 0 Å². The second kappa shape index (κ2) is 11.0. The van der Waals surface area contributed by atoms with Crippen LogP contribution >= 0.6 is 0 Å². The van der Waals surface area contributed by atoms with E-state index in [0.29, 0.717) is 36.5 Å². The number of carboxylic acids is 1. The van der Waals surface area contributed by atoms with E-state index in [1.165, 1.54) is 23.1 Å². The molecule has 1 heterocycles. The Balaban J connectivity index is 1.59. The van der Waals surface area contributed by atoms with Crippen LogP contribution in [0.1, 0.15) is 40.9 Å². The summed E-state index contributed by atoms with van der Waals surface area (Å²) in [6, 6.07) is 15.7. The summed E-state index contributed by atoms with van der Waals surface area (Å²) in [5, 5.41) is 9.41. The molecule has 3 aromatic carbocycles. The highest BCUT2D eigenvalue weighted by Crippen LogP contribution is 2.44. The number of fused-ring (bicyclic) bond motifs is 1. The van der Waals surface area contributed by atoms with Crippen molar-refractivity contribution < 1.29 is 33.0 Å². The lowest BCUT2D eigenvalue weighted by Gasteiger charge is -2.24. The average molecular weight is 510 g/mol. The van der Waals surface area contributed by atoms with Crippen LogP contribution in [0.3, 0.4) is 0 Å². The smallest absolute Gasteiger partial charge is 0.323 e. The number of carboxylic acid groups (broad SMARTS) is 1. The number of halogens is 2. The molecule has 1 aliphatic rings. The number of hydrogen-bond donors (Lipinski definition) is 1. The van der Waals surface area contributed by atoms with Crippen LogP contribution in [0.25, 0.3) is 0 Å². The molecule has 0 aliphatic carbocycles. The zero-order chi connectivity index (χ0) is 26.6. The molecule has 1 atom stereocenters. The molecule has 1 aliphatic heterocycles. The second-order valence-electron chi connectivity index (χ2n) is 9.39. The molecular formula is C29H29F2NO5. The molecule has 0 aromatic heterocycles. The van der Waals surface area contributed by atoms with Crippen LogP contribution in [-0.2, 0) is 24.1 Å². The maximum Gasteiger partial charge on any atom is 0.323 e. The molecule has 8 heteroatoms. The van der Waals surface area contributed by atoms with E-state index < -0.39 is 29.8 Å². The van der Waals surface area contributed by atoms with E-state index in [1.807, 2.05) is 13.8 Å². The lowest BCUT2D eigenvalue weighted by molar-refractivity contribution is -0.137. The van der Waals surface area contributed by atoms with E-state index >= 15 is 0 Å². The summed E-state index contributed by atoms with van der Waals surface area (Å²) < 4.78 is 39.5. The molecule has 0 saturated heterocycles. The Bertz CT molecular complexity index is 1290. The van der Waals surface area contributed by atoms with Gasteiger partial charge in [-0.2, -0.15) is 0 Å². The van der Waals surface area contributed by atoms with Crippen LogP contribution in [0.2, 0.25) is 0 Å².